The maximum absolute atomic E-state index is 6.06. The third-order valence-electron chi connectivity index (χ3n) is 3.09. The zero-order chi connectivity index (χ0) is 14.4. The van der Waals surface area contributed by atoms with Gasteiger partial charge in [0.1, 0.15) is 23.0 Å². The molecule has 0 aliphatic carbocycles. The summed E-state index contributed by atoms with van der Waals surface area (Å²) < 4.78 is 5.21. The first kappa shape index (κ1) is 14.6. The average Bonchev–Trinajstić information content (AvgIpc) is 2.48. The molecule has 0 atom stereocenters. The number of aromatic nitrogens is 2. The highest BCUT2D eigenvalue weighted by Gasteiger charge is 2.07. The molecule has 2 aromatic rings. The van der Waals surface area contributed by atoms with Crippen LogP contribution in [0.15, 0.2) is 30.6 Å². The summed E-state index contributed by atoms with van der Waals surface area (Å²) in [6.45, 7) is 2.82. The minimum atomic E-state index is 0.520. The third-order valence-corrected chi connectivity index (χ3v) is 3.41. The van der Waals surface area contributed by atoms with Crippen molar-refractivity contribution in [2.45, 2.75) is 19.8 Å². The Bertz CT molecular complexity index is 575. The van der Waals surface area contributed by atoms with Gasteiger partial charge < -0.3 is 10.1 Å². The van der Waals surface area contributed by atoms with E-state index < -0.39 is 0 Å². The van der Waals surface area contributed by atoms with Crippen LogP contribution in [0.4, 0.5) is 5.82 Å². The molecule has 0 spiro atoms. The van der Waals surface area contributed by atoms with Crippen molar-refractivity contribution in [2.24, 2.45) is 0 Å². The second-order valence-corrected chi connectivity index (χ2v) is 4.73. The summed E-state index contributed by atoms with van der Waals surface area (Å²) in [5.41, 5.74) is 2.18. The summed E-state index contributed by atoms with van der Waals surface area (Å²) in [6, 6.07) is 8.05. The molecule has 1 heterocycles. The van der Waals surface area contributed by atoms with Gasteiger partial charge in [-0.25, -0.2) is 9.97 Å². The molecule has 0 aliphatic heterocycles. The molecule has 1 N–H and O–H groups in total. The van der Waals surface area contributed by atoms with Crippen LogP contribution in [0.3, 0.4) is 0 Å². The number of hydrogen-bond acceptors (Lipinski definition) is 4. The van der Waals surface area contributed by atoms with E-state index in [-0.39, 0.29) is 0 Å². The van der Waals surface area contributed by atoms with Gasteiger partial charge in [-0.15, -0.1) is 0 Å². The lowest BCUT2D eigenvalue weighted by Gasteiger charge is -2.10. The zero-order valence-corrected chi connectivity index (χ0v) is 12.4. The highest BCUT2D eigenvalue weighted by molar-refractivity contribution is 6.30. The molecule has 4 nitrogen and oxygen atoms in total. The fraction of sp³-hybridized carbons (Fsp3) is 0.333. The molecular formula is C15H18ClN3O. The fourth-order valence-corrected chi connectivity index (χ4v) is 2.28. The Hall–Kier alpha value is -1.81. The fourth-order valence-electron chi connectivity index (χ4n) is 2.01. The quantitative estimate of drug-likeness (QED) is 0.829. The van der Waals surface area contributed by atoms with Crippen LogP contribution in [0, 0.1) is 0 Å². The zero-order valence-electron chi connectivity index (χ0n) is 11.7. The van der Waals surface area contributed by atoms with Crippen LogP contribution in [0.5, 0.6) is 5.75 Å². The summed E-state index contributed by atoms with van der Waals surface area (Å²) >= 11 is 6.06. The van der Waals surface area contributed by atoms with Gasteiger partial charge in [0.2, 0.25) is 0 Å². The van der Waals surface area contributed by atoms with E-state index >= 15 is 0 Å². The van der Waals surface area contributed by atoms with Crippen LogP contribution < -0.4 is 10.1 Å². The summed E-state index contributed by atoms with van der Waals surface area (Å²) in [5, 5.41) is 3.83. The van der Waals surface area contributed by atoms with Crippen LogP contribution in [-0.4, -0.2) is 23.6 Å². The lowest BCUT2D eigenvalue weighted by atomic mass is 10.1. The number of anilines is 1. The molecule has 0 aliphatic rings. The molecule has 0 amide bonds. The van der Waals surface area contributed by atoms with Crippen molar-refractivity contribution in [1.29, 1.82) is 0 Å². The van der Waals surface area contributed by atoms with Crippen LogP contribution in [0.25, 0.3) is 0 Å². The number of ether oxygens (including phenoxy) is 1. The highest BCUT2D eigenvalue weighted by Crippen LogP contribution is 2.20. The van der Waals surface area contributed by atoms with E-state index in [4.69, 9.17) is 16.3 Å². The number of nitrogens with one attached hydrogen (secondary N) is 1. The van der Waals surface area contributed by atoms with E-state index in [0.717, 1.165) is 36.5 Å². The first-order valence-corrected chi connectivity index (χ1v) is 6.98. The van der Waals surface area contributed by atoms with Crippen molar-refractivity contribution in [3.63, 3.8) is 0 Å². The lowest BCUT2D eigenvalue weighted by molar-refractivity contribution is 0.414. The van der Waals surface area contributed by atoms with E-state index in [0.29, 0.717) is 5.15 Å². The van der Waals surface area contributed by atoms with Crippen molar-refractivity contribution in [3.8, 4) is 5.75 Å². The second kappa shape index (κ2) is 7.10. The molecule has 106 valence electrons. The Balaban J connectivity index is 1.97. The normalized spacial score (nSPS) is 10.3. The Kier molecular flexibility index (Phi) is 5.18. The molecule has 0 saturated heterocycles. The highest BCUT2D eigenvalue weighted by atomic mass is 35.5. The molecule has 0 bridgehead atoms. The predicted octanol–water partition coefficient (Wildman–Crippen LogP) is 3.36. The van der Waals surface area contributed by atoms with Gasteiger partial charge in [-0.3, -0.25) is 0 Å². The lowest BCUT2D eigenvalue weighted by Crippen LogP contribution is -2.09. The average molecular weight is 292 g/mol. The van der Waals surface area contributed by atoms with Gasteiger partial charge in [0.05, 0.1) is 7.11 Å². The number of hydrogen-bond donors (Lipinski definition) is 1. The number of methoxy groups -OCH3 is 1. The first-order valence-electron chi connectivity index (χ1n) is 6.60. The van der Waals surface area contributed by atoms with Gasteiger partial charge in [0.25, 0.3) is 0 Å². The van der Waals surface area contributed by atoms with Gasteiger partial charge in [0.15, 0.2) is 0 Å². The Morgan fingerprint density at radius 1 is 1.30 bits per heavy atom. The summed E-state index contributed by atoms with van der Waals surface area (Å²) in [4.78, 5) is 8.24. The predicted molar refractivity (Wildman–Crippen MR) is 81.6 cm³/mol. The molecule has 1 aromatic heterocycles. The molecule has 0 unspecified atom stereocenters. The van der Waals surface area contributed by atoms with Gasteiger partial charge in [-0.1, -0.05) is 30.7 Å². The van der Waals surface area contributed by atoms with Gasteiger partial charge in [-0.2, -0.15) is 0 Å². The van der Waals surface area contributed by atoms with Gasteiger partial charge in [0, 0.05) is 12.1 Å². The molecule has 0 radical (unpaired) electrons. The summed E-state index contributed by atoms with van der Waals surface area (Å²) in [6.07, 6.45) is 3.18. The topological polar surface area (TPSA) is 47.0 Å². The molecule has 5 heteroatoms. The third kappa shape index (κ3) is 3.61. The largest absolute Gasteiger partial charge is 0.497 e. The first-order chi connectivity index (χ1) is 9.74. The van der Waals surface area contributed by atoms with Crippen LogP contribution in [0.1, 0.15) is 18.1 Å². The van der Waals surface area contributed by atoms with Gasteiger partial charge in [-0.05, 0) is 30.5 Å². The van der Waals surface area contributed by atoms with Crippen molar-refractivity contribution in [1.82, 2.24) is 9.97 Å². The Morgan fingerprint density at radius 3 is 2.90 bits per heavy atom. The molecule has 20 heavy (non-hydrogen) atoms. The second-order valence-electron chi connectivity index (χ2n) is 4.37. The van der Waals surface area contributed by atoms with Crippen molar-refractivity contribution < 1.29 is 4.74 Å². The molecule has 1 aromatic carbocycles. The van der Waals surface area contributed by atoms with Crippen molar-refractivity contribution >= 4 is 17.4 Å². The standard InChI is InChI=1S/C15H18ClN3O/c1-3-13-14(16)18-10-19-15(13)17-8-7-11-5-4-6-12(9-11)20-2/h4-6,9-10H,3,7-8H2,1-2H3,(H,17,18,19). The van der Waals surface area contributed by atoms with Crippen LogP contribution in [-0.2, 0) is 12.8 Å². The molecule has 2 rings (SSSR count). The van der Waals surface area contributed by atoms with Crippen molar-refractivity contribution in [3.05, 3.63) is 46.9 Å². The maximum Gasteiger partial charge on any atom is 0.137 e. The van der Waals surface area contributed by atoms with E-state index in [1.807, 2.05) is 25.1 Å². The van der Waals surface area contributed by atoms with E-state index in [1.54, 1.807) is 7.11 Å². The SMILES string of the molecule is CCc1c(Cl)ncnc1NCCc1cccc(OC)c1. The molecule has 0 saturated carbocycles. The van der Waals surface area contributed by atoms with Crippen LogP contribution >= 0.6 is 11.6 Å². The smallest absolute Gasteiger partial charge is 0.137 e. The maximum atomic E-state index is 6.06. The molecular weight excluding hydrogens is 274 g/mol. The Labute approximate surface area is 124 Å². The Morgan fingerprint density at radius 2 is 2.15 bits per heavy atom. The molecule has 0 fully saturated rings. The van der Waals surface area contributed by atoms with E-state index in [9.17, 15) is 0 Å². The minimum Gasteiger partial charge on any atom is -0.497 e. The summed E-state index contributed by atoms with van der Waals surface area (Å²) in [7, 11) is 1.67. The van der Waals surface area contributed by atoms with Gasteiger partial charge >= 0.3 is 0 Å². The number of benzene rings is 1. The minimum absolute atomic E-state index is 0.520. The monoisotopic (exact) mass is 291 g/mol. The number of nitrogens with zero attached hydrogens (tertiary/aromatic N) is 2. The van der Waals surface area contributed by atoms with Crippen molar-refractivity contribution in [2.75, 3.05) is 19.0 Å². The van der Waals surface area contributed by atoms with E-state index in [1.165, 1.54) is 11.9 Å². The number of rotatable bonds is 6. The summed E-state index contributed by atoms with van der Waals surface area (Å²) in [5.74, 6) is 1.69. The van der Waals surface area contributed by atoms with Crippen LogP contribution in [0.2, 0.25) is 5.15 Å². The van der Waals surface area contributed by atoms with E-state index in [2.05, 4.69) is 21.4 Å². The number of halogens is 1.